The van der Waals surface area contributed by atoms with Crippen molar-refractivity contribution in [2.75, 3.05) is 12.0 Å². The summed E-state index contributed by atoms with van der Waals surface area (Å²) in [5, 5.41) is 0. The van der Waals surface area contributed by atoms with Gasteiger partial charge in [-0.05, 0) is 35.9 Å². The van der Waals surface area contributed by atoms with E-state index in [2.05, 4.69) is 15.9 Å². The Kier molecular flexibility index (Phi) is 4.35. The lowest BCUT2D eigenvalue weighted by Crippen LogP contribution is -2.02. The maximum atomic E-state index is 11.4. The van der Waals surface area contributed by atoms with Crippen LogP contribution < -0.4 is 10.5 Å². The number of benzene rings is 2. The van der Waals surface area contributed by atoms with Gasteiger partial charge in [0.2, 0.25) is 0 Å². The minimum atomic E-state index is -3.26. The first kappa shape index (κ1) is 14.9. The molecule has 0 heterocycles. The Morgan fingerprint density at radius 2 is 1.95 bits per heavy atom. The molecule has 2 N–H and O–H groups in total. The number of hydrogen-bond donors (Lipinski definition) is 1. The fourth-order valence-corrected chi connectivity index (χ4v) is 2.78. The topological polar surface area (TPSA) is 69.4 Å². The van der Waals surface area contributed by atoms with Crippen LogP contribution in [0.15, 0.2) is 51.8 Å². The Morgan fingerprint density at radius 3 is 2.55 bits per heavy atom. The number of nitrogen functional groups attached to an aromatic ring is 1. The Labute approximate surface area is 126 Å². The predicted molar refractivity (Wildman–Crippen MR) is 82.4 cm³/mol. The fraction of sp³-hybridized carbons (Fsp3) is 0.143. The molecule has 2 aromatic rings. The summed E-state index contributed by atoms with van der Waals surface area (Å²) in [5.41, 5.74) is 7.11. The quantitative estimate of drug-likeness (QED) is 0.855. The van der Waals surface area contributed by atoms with Crippen LogP contribution in [0.25, 0.3) is 0 Å². The van der Waals surface area contributed by atoms with Crippen molar-refractivity contribution in [2.45, 2.75) is 11.5 Å². The van der Waals surface area contributed by atoms with E-state index in [0.717, 1.165) is 16.3 Å². The highest BCUT2D eigenvalue weighted by Crippen LogP contribution is 2.26. The van der Waals surface area contributed by atoms with Crippen LogP contribution in [-0.2, 0) is 16.4 Å². The molecule has 0 atom stereocenters. The molecule has 0 aliphatic carbocycles. The molecule has 0 unspecified atom stereocenters. The molecule has 6 heteroatoms. The second kappa shape index (κ2) is 5.85. The maximum Gasteiger partial charge on any atom is 0.175 e. The summed E-state index contributed by atoms with van der Waals surface area (Å²) < 4.78 is 29.4. The molecule has 0 spiro atoms. The zero-order valence-corrected chi connectivity index (χ0v) is 13.2. The molecule has 20 heavy (non-hydrogen) atoms. The number of nitrogens with two attached hydrogens (primary N) is 1. The third-order valence-electron chi connectivity index (χ3n) is 2.69. The standard InChI is InChI=1S/C14H14BrNO3S/c1-20(17,18)12-5-6-14(13(16)8-12)19-9-10-3-2-4-11(15)7-10/h2-8H,9,16H2,1H3. The van der Waals surface area contributed by atoms with Crippen molar-refractivity contribution in [3.63, 3.8) is 0 Å². The molecule has 0 saturated carbocycles. The molecular formula is C14H14BrNO3S. The van der Waals surface area contributed by atoms with Crippen molar-refractivity contribution in [3.05, 3.63) is 52.5 Å². The van der Waals surface area contributed by atoms with Crippen molar-refractivity contribution >= 4 is 31.5 Å². The largest absolute Gasteiger partial charge is 0.487 e. The molecule has 0 aliphatic heterocycles. The van der Waals surface area contributed by atoms with Gasteiger partial charge in [0.25, 0.3) is 0 Å². The van der Waals surface area contributed by atoms with Crippen LogP contribution in [-0.4, -0.2) is 14.7 Å². The molecule has 106 valence electrons. The minimum absolute atomic E-state index is 0.185. The average Bonchev–Trinajstić information content (AvgIpc) is 2.36. The third kappa shape index (κ3) is 3.74. The third-order valence-corrected chi connectivity index (χ3v) is 4.30. The van der Waals surface area contributed by atoms with Gasteiger partial charge in [-0.15, -0.1) is 0 Å². The van der Waals surface area contributed by atoms with Gasteiger partial charge in [0.1, 0.15) is 12.4 Å². The molecule has 0 saturated heterocycles. The summed E-state index contributed by atoms with van der Waals surface area (Å²) in [5.74, 6) is 0.470. The molecule has 2 rings (SSSR count). The van der Waals surface area contributed by atoms with Crippen LogP contribution >= 0.6 is 15.9 Å². The van der Waals surface area contributed by atoms with Crippen LogP contribution in [0.2, 0.25) is 0 Å². The first-order chi connectivity index (χ1) is 9.36. The van der Waals surface area contributed by atoms with Crippen LogP contribution in [0, 0.1) is 0 Å². The number of anilines is 1. The Bertz CT molecular complexity index is 729. The first-order valence-electron chi connectivity index (χ1n) is 5.83. The zero-order chi connectivity index (χ0) is 14.8. The van der Waals surface area contributed by atoms with Crippen molar-refractivity contribution in [1.29, 1.82) is 0 Å². The highest BCUT2D eigenvalue weighted by molar-refractivity contribution is 9.10. The summed E-state index contributed by atoms with van der Waals surface area (Å²) in [6.45, 7) is 0.363. The first-order valence-corrected chi connectivity index (χ1v) is 8.51. The summed E-state index contributed by atoms with van der Waals surface area (Å²) in [6, 6.07) is 12.2. The van der Waals surface area contributed by atoms with Gasteiger partial charge in [0, 0.05) is 10.7 Å². The van der Waals surface area contributed by atoms with Gasteiger partial charge in [-0.1, -0.05) is 28.1 Å². The second-order valence-corrected chi connectivity index (χ2v) is 7.32. The summed E-state index contributed by atoms with van der Waals surface area (Å²) in [4.78, 5) is 0.185. The van der Waals surface area contributed by atoms with E-state index >= 15 is 0 Å². The molecule has 4 nitrogen and oxygen atoms in total. The Hall–Kier alpha value is -1.53. The van der Waals surface area contributed by atoms with E-state index in [0.29, 0.717) is 18.0 Å². The minimum Gasteiger partial charge on any atom is -0.487 e. The van der Waals surface area contributed by atoms with Gasteiger partial charge in [0.05, 0.1) is 10.6 Å². The number of halogens is 1. The van der Waals surface area contributed by atoms with Crippen LogP contribution in [0.5, 0.6) is 5.75 Å². The van der Waals surface area contributed by atoms with Crippen molar-refractivity contribution < 1.29 is 13.2 Å². The Morgan fingerprint density at radius 1 is 1.20 bits per heavy atom. The summed E-state index contributed by atoms with van der Waals surface area (Å²) >= 11 is 3.39. The normalized spacial score (nSPS) is 11.3. The molecule has 2 aromatic carbocycles. The number of rotatable bonds is 4. The summed E-state index contributed by atoms with van der Waals surface area (Å²) in [6.07, 6.45) is 1.14. The lowest BCUT2D eigenvalue weighted by molar-refractivity contribution is 0.307. The SMILES string of the molecule is CS(=O)(=O)c1ccc(OCc2cccc(Br)c2)c(N)c1. The van der Waals surface area contributed by atoms with Crippen LogP contribution in [0.4, 0.5) is 5.69 Å². The molecule has 0 aromatic heterocycles. The van der Waals surface area contributed by atoms with E-state index in [4.69, 9.17) is 10.5 Å². The monoisotopic (exact) mass is 355 g/mol. The van der Waals surface area contributed by atoms with Crippen molar-refractivity contribution in [3.8, 4) is 5.75 Å². The molecule has 0 aliphatic rings. The molecule has 0 radical (unpaired) electrons. The van der Waals surface area contributed by atoms with Gasteiger partial charge in [-0.2, -0.15) is 0 Å². The van der Waals surface area contributed by atoms with Gasteiger partial charge < -0.3 is 10.5 Å². The smallest absolute Gasteiger partial charge is 0.175 e. The highest BCUT2D eigenvalue weighted by atomic mass is 79.9. The van der Waals surface area contributed by atoms with E-state index in [1.807, 2.05) is 24.3 Å². The van der Waals surface area contributed by atoms with E-state index in [9.17, 15) is 8.42 Å². The van der Waals surface area contributed by atoms with Gasteiger partial charge >= 0.3 is 0 Å². The van der Waals surface area contributed by atoms with Crippen molar-refractivity contribution in [2.24, 2.45) is 0 Å². The lowest BCUT2D eigenvalue weighted by Gasteiger charge is -2.10. The van der Waals surface area contributed by atoms with E-state index in [1.54, 1.807) is 6.07 Å². The van der Waals surface area contributed by atoms with Gasteiger partial charge in [0.15, 0.2) is 9.84 Å². The second-order valence-electron chi connectivity index (χ2n) is 4.39. The van der Waals surface area contributed by atoms with E-state index in [-0.39, 0.29) is 4.90 Å². The van der Waals surface area contributed by atoms with Gasteiger partial charge in [-0.3, -0.25) is 0 Å². The van der Waals surface area contributed by atoms with Gasteiger partial charge in [-0.25, -0.2) is 8.42 Å². The van der Waals surface area contributed by atoms with Crippen LogP contribution in [0.1, 0.15) is 5.56 Å². The zero-order valence-electron chi connectivity index (χ0n) is 10.8. The average molecular weight is 356 g/mol. The van der Waals surface area contributed by atoms with Crippen LogP contribution in [0.3, 0.4) is 0 Å². The van der Waals surface area contributed by atoms with Crippen molar-refractivity contribution in [1.82, 2.24) is 0 Å². The fourth-order valence-electron chi connectivity index (χ4n) is 1.68. The number of hydrogen-bond acceptors (Lipinski definition) is 4. The van der Waals surface area contributed by atoms with E-state index < -0.39 is 9.84 Å². The summed E-state index contributed by atoms with van der Waals surface area (Å²) in [7, 11) is -3.26. The number of ether oxygens (including phenoxy) is 1. The highest BCUT2D eigenvalue weighted by Gasteiger charge is 2.10. The van der Waals surface area contributed by atoms with E-state index in [1.165, 1.54) is 12.1 Å². The maximum absolute atomic E-state index is 11.4. The predicted octanol–water partition coefficient (Wildman–Crippen LogP) is 3.01. The number of sulfone groups is 1. The molecular weight excluding hydrogens is 342 g/mol. The molecule has 0 fully saturated rings. The molecule has 0 amide bonds. The lowest BCUT2D eigenvalue weighted by atomic mass is 10.2. The Balaban J connectivity index is 2.15. The molecule has 0 bridgehead atoms.